The van der Waals surface area contributed by atoms with E-state index in [9.17, 15) is 14.4 Å². The van der Waals surface area contributed by atoms with E-state index in [0.29, 0.717) is 0 Å². The van der Waals surface area contributed by atoms with Crippen LogP contribution >= 0.6 is 11.3 Å². The van der Waals surface area contributed by atoms with Crippen LogP contribution in [0.15, 0.2) is 30.5 Å². The number of nitrogens with one attached hydrogen (secondary N) is 1. The fourth-order valence-corrected chi connectivity index (χ4v) is 3.73. The first kappa shape index (κ1) is 20.3. The molecule has 9 nitrogen and oxygen atoms in total. The lowest BCUT2D eigenvalue weighted by Crippen LogP contribution is -2.18. The van der Waals surface area contributed by atoms with Crippen LogP contribution in [0, 0.1) is 0 Å². The van der Waals surface area contributed by atoms with E-state index in [2.05, 4.69) is 15.0 Å². The Labute approximate surface area is 170 Å². The fourth-order valence-electron chi connectivity index (χ4n) is 2.81. The van der Waals surface area contributed by atoms with Crippen molar-refractivity contribution in [2.24, 2.45) is 0 Å². The van der Waals surface area contributed by atoms with Gasteiger partial charge in [-0.2, -0.15) is 0 Å². The molecule has 0 unspecified atom stereocenters. The van der Waals surface area contributed by atoms with E-state index in [1.54, 1.807) is 17.9 Å². The van der Waals surface area contributed by atoms with Gasteiger partial charge in [0.15, 0.2) is 5.13 Å². The molecule has 0 saturated heterocycles. The first-order valence-corrected chi connectivity index (χ1v) is 9.35. The van der Waals surface area contributed by atoms with E-state index in [0.717, 1.165) is 28.0 Å². The second-order valence-corrected chi connectivity index (χ2v) is 6.92. The number of amides is 1. The van der Waals surface area contributed by atoms with E-state index in [1.807, 2.05) is 24.3 Å². The van der Waals surface area contributed by atoms with Crippen molar-refractivity contribution >= 4 is 45.2 Å². The highest BCUT2D eigenvalue weighted by atomic mass is 32.1. The maximum absolute atomic E-state index is 12.5. The summed E-state index contributed by atoms with van der Waals surface area (Å²) in [6.45, 7) is 0.0378. The summed E-state index contributed by atoms with van der Waals surface area (Å²) >= 11 is 0.941. The van der Waals surface area contributed by atoms with Crippen molar-refractivity contribution in [3.05, 3.63) is 41.0 Å². The van der Waals surface area contributed by atoms with E-state index < -0.39 is 11.9 Å². The molecule has 3 rings (SSSR count). The number of nitrogens with zero attached hydrogens (tertiary/aromatic N) is 2. The lowest BCUT2D eigenvalue weighted by molar-refractivity contribution is -0.139. The number of hydrogen-bond acceptors (Lipinski definition) is 8. The molecule has 3 aromatic rings. The Kier molecular flexibility index (Phi) is 6.13. The summed E-state index contributed by atoms with van der Waals surface area (Å²) in [4.78, 5) is 40.3. The highest BCUT2D eigenvalue weighted by molar-refractivity contribution is 7.17. The number of hydrogen-bond donors (Lipinski definition) is 1. The minimum absolute atomic E-state index is 0.0378. The van der Waals surface area contributed by atoms with Gasteiger partial charge in [0.05, 0.1) is 39.0 Å². The molecule has 0 saturated carbocycles. The molecular formula is C19H19N3O6S. The van der Waals surface area contributed by atoms with E-state index in [1.165, 1.54) is 14.2 Å². The topological polar surface area (TPSA) is 109 Å². The quantitative estimate of drug-likeness (QED) is 0.587. The third-order valence-corrected chi connectivity index (χ3v) is 5.15. The zero-order valence-electron chi connectivity index (χ0n) is 16.1. The molecule has 2 heterocycles. The summed E-state index contributed by atoms with van der Waals surface area (Å²) in [5.41, 5.74) is 1.04. The number of anilines is 1. The molecule has 0 aliphatic carbocycles. The number of thiazole rings is 1. The predicted octanol–water partition coefficient (Wildman–Crippen LogP) is 2.25. The second kappa shape index (κ2) is 8.74. The van der Waals surface area contributed by atoms with Crippen molar-refractivity contribution < 1.29 is 28.6 Å². The number of fused-ring (bicyclic) bond motifs is 1. The minimum atomic E-state index is -0.634. The van der Waals surface area contributed by atoms with Crippen molar-refractivity contribution in [2.45, 2.75) is 13.0 Å². The van der Waals surface area contributed by atoms with Crippen molar-refractivity contribution in [1.29, 1.82) is 0 Å². The Bertz CT molecular complexity index is 1070. The maximum Gasteiger partial charge on any atom is 0.350 e. The van der Waals surface area contributed by atoms with E-state index in [4.69, 9.17) is 9.47 Å². The summed E-state index contributed by atoms with van der Waals surface area (Å²) in [6.07, 6.45) is 1.59. The molecule has 10 heteroatoms. The Hall–Kier alpha value is -3.40. The number of carbonyl (C=O) groups is 3. The molecular weight excluding hydrogens is 398 g/mol. The highest BCUT2D eigenvalue weighted by Gasteiger charge is 2.22. The summed E-state index contributed by atoms with van der Waals surface area (Å²) in [7, 11) is 4.06. The Morgan fingerprint density at radius 3 is 2.62 bits per heavy atom. The van der Waals surface area contributed by atoms with Gasteiger partial charge in [-0.15, -0.1) is 0 Å². The SMILES string of the molecule is COC(=O)Cc1nc(NC(=O)Cn2ccc3c(OC)cccc32)sc1C(=O)OC. The van der Waals surface area contributed by atoms with Gasteiger partial charge in [-0.3, -0.25) is 9.59 Å². The molecule has 2 aromatic heterocycles. The Morgan fingerprint density at radius 1 is 1.14 bits per heavy atom. The lowest BCUT2D eigenvalue weighted by Gasteiger charge is -2.06. The third-order valence-electron chi connectivity index (χ3n) is 4.16. The first-order chi connectivity index (χ1) is 14.0. The van der Waals surface area contributed by atoms with Crippen molar-refractivity contribution in [2.75, 3.05) is 26.6 Å². The van der Waals surface area contributed by atoms with Gasteiger partial charge in [0, 0.05) is 11.6 Å². The number of aromatic nitrogens is 2. The number of rotatable bonds is 7. The monoisotopic (exact) mass is 417 g/mol. The van der Waals surface area contributed by atoms with Crippen LogP contribution in [0.4, 0.5) is 5.13 Å². The molecule has 0 fully saturated rings. The van der Waals surface area contributed by atoms with Crippen LogP contribution in [-0.2, 0) is 32.0 Å². The van der Waals surface area contributed by atoms with Crippen LogP contribution in [0.2, 0.25) is 0 Å². The largest absolute Gasteiger partial charge is 0.496 e. The molecule has 0 bridgehead atoms. The normalized spacial score (nSPS) is 10.6. The van der Waals surface area contributed by atoms with Gasteiger partial charge < -0.3 is 24.1 Å². The molecule has 1 amide bonds. The summed E-state index contributed by atoms with van der Waals surface area (Å²) < 4.78 is 16.4. The predicted molar refractivity (Wildman–Crippen MR) is 106 cm³/mol. The highest BCUT2D eigenvalue weighted by Crippen LogP contribution is 2.27. The molecule has 0 radical (unpaired) electrons. The van der Waals surface area contributed by atoms with Crippen LogP contribution in [0.25, 0.3) is 10.9 Å². The van der Waals surface area contributed by atoms with Crippen LogP contribution in [0.1, 0.15) is 15.4 Å². The van der Waals surface area contributed by atoms with Gasteiger partial charge in [0.1, 0.15) is 17.2 Å². The number of esters is 2. The van der Waals surface area contributed by atoms with Crippen molar-refractivity contribution in [3.8, 4) is 5.75 Å². The number of methoxy groups -OCH3 is 3. The zero-order valence-corrected chi connectivity index (χ0v) is 16.9. The lowest BCUT2D eigenvalue weighted by atomic mass is 10.2. The average Bonchev–Trinajstić information content (AvgIpc) is 3.31. The molecule has 0 spiro atoms. The molecule has 1 aromatic carbocycles. The van der Waals surface area contributed by atoms with Crippen LogP contribution < -0.4 is 10.1 Å². The summed E-state index contributed by atoms with van der Waals surface area (Å²) in [6, 6.07) is 7.45. The van der Waals surface area contributed by atoms with Gasteiger partial charge >= 0.3 is 11.9 Å². The standard InChI is InChI=1S/C19H19N3O6S/c1-26-14-6-4-5-13-11(14)7-8-22(13)10-15(23)21-19-20-12(9-16(24)27-2)17(29-19)18(25)28-3/h4-8H,9-10H2,1-3H3,(H,20,21,23). The molecule has 0 atom stereocenters. The van der Waals surface area contributed by atoms with Gasteiger partial charge in [-0.25, -0.2) is 9.78 Å². The number of ether oxygens (including phenoxy) is 3. The number of carbonyl (C=O) groups excluding carboxylic acids is 3. The van der Waals surface area contributed by atoms with Crippen LogP contribution in [0.5, 0.6) is 5.75 Å². The van der Waals surface area contributed by atoms with Gasteiger partial charge in [-0.05, 0) is 18.2 Å². The molecule has 1 N–H and O–H groups in total. The van der Waals surface area contributed by atoms with Crippen LogP contribution in [0.3, 0.4) is 0 Å². The van der Waals surface area contributed by atoms with E-state index in [-0.39, 0.29) is 34.6 Å². The molecule has 0 aliphatic rings. The van der Waals surface area contributed by atoms with E-state index >= 15 is 0 Å². The molecule has 29 heavy (non-hydrogen) atoms. The smallest absolute Gasteiger partial charge is 0.350 e. The van der Waals surface area contributed by atoms with Gasteiger partial charge in [-0.1, -0.05) is 17.4 Å². The van der Waals surface area contributed by atoms with Crippen LogP contribution in [-0.4, -0.2) is 48.7 Å². The average molecular weight is 417 g/mol. The number of benzene rings is 1. The third kappa shape index (κ3) is 4.37. The minimum Gasteiger partial charge on any atom is -0.496 e. The maximum atomic E-state index is 12.5. The molecule has 152 valence electrons. The Morgan fingerprint density at radius 2 is 1.93 bits per heavy atom. The Balaban J connectivity index is 1.78. The van der Waals surface area contributed by atoms with Crippen molar-refractivity contribution in [3.63, 3.8) is 0 Å². The summed E-state index contributed by atoms with van der Waals surface area (Å²) in [5.74, 6) is -0.798. The first-order valence-electron chi connectivity index (χ1n) is 8.53. The summed E-state index contributed by atoms with van der Waals surface area (Å²) in [5, 5.41) is 3.75. The zero-order chi connectivity index (χ0) is 21.0. The van der Waals surface area contributed by atoms with Crippen molar-refractivity contribution in [1.82, 2.24) is 9.55 Å². The van der Waals surface area contributed by atoms with Gasteiger partial charge in [0.25, 0.3) is 0 Å². The van der Waals surface area contributed by atoms with Gasteiger partial charge in [0.2, 0.25) is 5.91 Å². The molecule has 0 aliphatic heterocycles. The fraction of sp³-hybridized carbons (Fsp3) is 0.263. The second-order valence-electron chi connectivity index (χ2n) is 5.92.